The molecule has 0 aliphatic rings. The lowest BCUT2D eigenvalue weighted by molar-refractivity contribution is 0.469. The molecule has 3 heteroatoms. The molecular formula is C9H14N2O. The molecule has 66 valence electrons. The second-order valence-electron chi connectivity index (χ2n) is 2.83. The van der Waals surface area contributed by atoms with Crippen molar-refractivity contribution in [1.29, 1.82) is 0 Å². The van der Waals surface area contributed by atoms with Crippen LogP contribution in [-0.4, -0.2) is 11.7 Å². The van der Waals surface area contributed by atoms with Crippen LogP contribution < -0.4 is 11.5 Å². The number of hydrogen-bond donors (Lipinski definition) is 3. The van der Waals surface area contributed by atoms with Crippen molar-refractivity contribution in [3.63, 3.8) is 0 Å². The minimum absolute atomic E-state index is 0.183. The zero-order valence-corrected chi connectivity index (χ0v) is 7.12. The van der Waals surface area contributed by atoms with Gasteiger partial charge in [-0.3, -0.25) is 0 Å². The van der Waals surface area contributed by atoms with Gasteiger partial charge in [-0.2, -0.15) is 0 Å². The zero-order chi connectivity index (χ0) is 9.14. The lowest BCUT2D eigenvalue weighted by Gasteiger charge is -2.12. The fourth-order valence-electron chi connectivity index (χ4n) is 1.17. The molecule has 0 bridgehead atoms. The lowest BCUT2D eigenvalue weighted by atomic mass is 10.0. The number of nitrogens with two attached hydrogens (primary N) is 2. The van der Waals surface area contributed by atoms with Gasteiger partial charge in [0.15, 0.2) is 0 Å². The summed E-state index contributed by atoms with van der Waals surface area (Å²) in [7, 11) is 0. The van der Waals surface area contributed by atoms with Gasteiger partial charge in [-0.25, -0.2) is 0 Å². The number of phenols is 1. The summed E-state index contributed by atoms with van der Waals surface area (Å²) in [4.78, 5) is 0. The minimum atomic E-state index is -0.183. The first-order valence-electron chi connectivity index (χ1n) is 3.91. The molecule has 0 saturated carbocycles. The summed E-state index contributed by atoms with van der Waals surface area (Å²) >= 11 is 0. The highest BCUT2D eigenvalue weighted by atomic mass is 16.3. The van der Waals surface area contributed by atoms with Gasteiger partial charge in [-0.15, -0.1) is 0 Å². The molecule has 1 aromatic carbocycles. The van der Waals surface area contributed by atoms with Crippen LogP contribution in [0.15, 0.2) is 18.2 Å². The van der Waals surface area contributed by atoms with Crippen molar-refractivity contribution in [1.82, 2.24) is 0 Å². The van der Waals surface area contributed by atoms with Crippen LogP contribution in [0.1, 0.15) is 17.2 Å². The van der Waals surface area contributed by atoms with E-state index >= 15 is 0 Å². The van der Waals surface area contributed by atoms with E-state index in [0.29, 0.717) is 6.54 Å². The maximum atomic E-state index is 9.35. The van der Waals surface area contributed by atoms with Gasteiger partial charge in [0.25, 0.3) is 0 Å². The van der Waals surface area contributed by atoms with E-state index in [1.54, 1.807) is 12.1 Å². The normalized spacial score (nSPS) is 12.9. The van der Waals surface area contributed by atoms with Crippen molar-refractivity contribution in [2.45, 2.75) is 13.0 Å². The predicted molar refractivity (Wildman–Crippen MR) is 48.8 cm³/mol. The summed E-state index contributed by atoms with van der Waals surface area (Å²) in [6.45, 7) is 2.23. The molecule has 0 unspecified atom stereocenters. The average Bonchev–Trinajstić information content (AvgIpc) is 2.08. The highest BCUT2D eigenvalue weighted by Crippen LogP contribution is 2.22. The van der Waals surface area contributed by atoms with Crippen LogP contribution in [0.4, 0.5) is 0 Å². The highest BCUT2D eigenvalue weighted by molar-refractivity contribution is 5.39. The summed E-state index contributed by atoms with van der Waals surface area (Å²) in [6, 6.07) is 5.11. The van der Waals surface area contributed by atoms with Gasteiger partial charge in [-0.05, 0) is 24.1 Å². The standard InChI is InChI=1S/C9H14N2O/c1-6-7(8(11)5-10)3-2-4-9(6)12/h2-4,8,12H,5,10-11H2,1H3/t8-/m1/s1. The van der Waals surface area contributed by atoms with E-state index in [2.05, 4.69) is 0 Å². The molecule has 1 atom stereocenters. The number of phenolic OH excluding ortho intramolecular Hbond substituents is 1. The van der Waals surface area contributed by atoms with Crippen molar-refractivity contribution in [3.8, 4) is 5.75 Å². The van der Waals surface area contributed by atoms with E-state index in [-0.39, 0.29) is 11.8 Å². The molecule has 5 N–H and O–H groups in total. The van der Waals surface area contributed by atoms with E-state index in [0.717, 1.165) is 11.1 Å². The van der Waals surface area contributed by atoms with E-state index in [4.69, 9.17) is 11.5 Å². The molecule has 0 aromatic heterocycles. The Bertz CT molecular complexity index is 273. The molecule has 0 heterocycles. The SMILES string of the molecule is Cc1c(O)cccc1[C@H](N)CN. The van der Waals surface area contributed by atoms with E-state index < -0.39 is 0 Å². The topological polar surface area (TPSA) is 72.3 Å². The van der Waals surface area contributed by atoms with E-state index in [9.17, 15) is 5.11 Å². The van der Waals surface area contributed by atoms with Crippen LogP contribution in [-0.2, 0) is 0 Å². The molecule has 0 aliphatic heterocycles. The Kier molecular flexibility index (Phi) is 2.68. The third-order valence-corrected chi connectivity index (χ3v) is 2.00. The average molecular weight is 166 g/mol. The van der Waals surface area contributed by atoms with Crippen molar-refractivity contribution in [3.05, 3.63) is 29.3 Å². The van der Waals surface area contributed by atoms with Crippen LogP contribution in [0.25, 0.3) is 0 Å². The quantitative estimate of drug-likeness (QED) is 0.604. The lowest BCUT2D eigenvalue weighted by Crippen LogP contribution is -2.21. The van der Waals surface area contributed by atoms with Gasteiger partial charge in [-0.1, -0.05) is 12.1 Å². The van der Waals surface area contributed by atoms with Gasteiger partial charge in [0.2, 0.25) is 0 Å². The number of aromatic hydroxyl groups is 1. The van der Waals surface area contributed by atoms with Crippen molar-refractivity contribution in [2.24, 2.45) is 11.5 Å². The first kappa shape index (κ1) is 9.03. The molecular weight excluding hydrogens is 152 g/mol. The van der Waals surface area contributed by atoms with E-state index in [1.807, 2.05) is 13.0 Å². The minimum Gasteiger partial charge on any atom is -0.508 e. The summed E-state index contributed by atoms with van der Waals surface area (Å²) in [5.74, 6) is 0.274. The Balaban J connectivity index is 3.07. The van der Waals surface area contributed by atoms with Gasteiger partial charge in [0.1, 0.15) is 5.75 Å². The molecule has 0 spiro atoms. The van der Waals surface area contributed by atoms with Gasteiger partial charge >= 0.3 is 0 Å². The molecule has 0 radical (unpaired) electrons. The molecule has 12 heavy (non-hydrogen) atoms. The smallest absolute Gasteiger partial charge is 0.118 e. The molecule has 0 saturated heterocycles. The van der Waals surface area contributed by atoms with E-state index in [1.165, 1.54) is 0 Å². The summed E-state index contributed by atoms with van der Waals surface area (Å²) in [6.07, 6.45) is 0. The van der Waals surface area contributed by atoms with Gasteiger partial charge in [0, 0.05) is 12.6 Å². The molecule has 3 nitrogen and oxygen atoms in total. The van der Waals surface area contributed by atoms with Crippen LogP contribution in [0, 0.1) is 6.92 Å². The maximum Gasteiger partial charge on any atom is 0.118 e. The molecule has 0 amide bonds. The highest BCUT2D eigenvalue weighted by Gasteiger charge is 2.08. The Morgan fingerprint density at radius 3 is 2.75 bits per heavy atom. The van der Waals surface area contributed by atoms with Crippen LogP contribution in [0.2, 0.25) is 0 Å². The largest absolute Gasteiger partial charge is 0.508 e. The fraction of sp³-hybridized carbons (Fsp3) is 0.333. The second kappa shape index (κ2) is 3.56. The predicted octanol–water partition coefficient (Wildman–Crippen LogP) is 0.659. The van der Waals surface area contributed by atoms with Crippen molar-refractivity contribution in [2.75, 3.05) is 6.54 Å². The Labute approximate surface area is 72.0 Å². The molecule has 0 aliphatic carbocycles. The zero-order valence-electron chi connectivity index (χ0n) is 7.12. The number of benzene rings is 1. The van der Waals surface area contributed by atoms with Crippen molar-refractivity contribution >= 4 is 0 Å². The van der Waals surface area contributed by atoms with Crippen LogP contribution in [0.5, 0.6) is 5.75 Å². The van der Waals surface area contributed by atoms with Gasteiger partial charge < -0.3 is 16.6 Å². The van der Waals surface area contributed by atoms with Crippen LogP contribution in [0.3, 0.4) is 0 Å². The first-order valence-corrected chi connectivity index (χ1v) is 3.91. The molecule has 0 fully saturated rings. The summed E-state index contributed by atoms with van der Waals surface area (Å²) in [5.41, 5.74) is 12.9. The summed E-state index contributed by atoms with van der Waals surface area (Å²) < 4.78 is 0. The monoisotopic (exact) mass is 166 g/mol. The fourth-order valence-corrected chi connectivity index (χ4v) is 1.17. The van der Waals surface area contributed by atoms with Gasteiger partial charge in [0.05, 0.1) is 0 Å². The number of hydrogen-bond acceptors (Lipinski definition) is 3. The Morgan fingerprint density at radius 1 is 1.50 bits per heavy atom. The summed E-state index contributed by atoms with van der Waals surface area (Å²) in [5, 5.41) is 9.35. The first-order chi connectivity index (χ1) is 5.66. The third kappa shape index (κ3) is 1.57. The number of rotatable bonds is 2. The Morgan fingerprint density at radius 2 is 2.17 bits per heavy atom. The molecule has 1 aromatic rings. The molecule has 1 rings (SSSR count). The van der Waals surface area contributed by atoms with Crippen LogP contribution >= 0.6 is 0 Å². The third-order valence-electron chi connectivity index (χ3n) is 2.00. The second-order valence-corrected chi connectivity index (χ2v) is 2.83. The Hall–Kier alpha value is -1.06. The van der Waals surface area contributed by atoms with Crippen molar-refractivity contribution < 1.29 is 5.11 Å². The maximum absolute atomic E-state index is 9.35.